The summed E-state index contributed by atoms with van der Waals surface area (Å²) < 4.78 is 5.25. The van der Waals surface area contributed by atoms with Gasteiger partial charge in [0.2, 0.25) is 0 Å². The predicted molar refractivity (Wildman–Crippen MR) is 84.8 cm³/mol. The van der Waals surface area contributed by atoms with Crippen LogP contribution in [0.4, 0.5) is 5.82 Å². The van der Waals surface area contributed by atoms with Gasteiger partial charge in [-0.25, -0.2) is 4.98 Å². The third-order valence-electron chi connectivity index (χ3n) is 4.06. The van der Waals surface area contributed by atoms with Gasteiger partial charge < -0.3 is 14.9 Å². The van der Waals surface area contributed by atoms with Crippen LogP contribution in [-0.2, 0) is 6.42 Å². The third kappa shape index (κ3) is 2.47. The molecule has 2 aromatic heterocycles. The zero-order chi connectivity index (χ0) is 15.8. The minimum Gasteiger partial charge on any atom is -0.390 e. The smallest absolute Gasteiger partial charge is 0.261 e. The molecular weight excluding hydrogens is 292 g/mol. The van der Waals surface area contributed by atoms with Crippen molar-refractivity contribution < 1.29 is 9.63 Å². The molecule has 0 spiro atoms. The Kier molecular flexibility index (Phi) is 3.31. The molecule has 0 radical (unpaired) electrons. The molecular formula is C17H16N4O2. The molecule has 0 saturated carbocycles. The van der Waals surface area contributed by atoms with Gasteiger partial charge in [-0.3, -0.25) is 0 Å². The minimum absolute atomic E-state index is 0.205. The zero-order valence-corrected chi connectivity index (χ0v) is 12.6. The van der Waals surface area contributed by atoms with E-state index in [0.717, 1.165) is 16.7 Å². The lowest BCUT2D eigenvalue weighted by atomic mass is 10.1. The number of benzene rings is 1. The molecule has 6 nitrogen and oxygen atoms in total. The molecule has 23 heavy (non-hydrogen) atoms. The van der Waals surface area contributed by atoms with E-state index in [9.17, 15) is 5.11 Å². The first kappa shape index (κ1) is 13.9. The van der Waals surface area contributed by atoms with E-state index in [0.29, 0.717) is 24.0 Å². The number of hydrogen-bond acceptors (Lipinski definition) is 6. The summed E-state index contributed by atoms with van der Waals surface area (Å²) in [6.07, 6.45) is 1.84. The summed E-state index contributed by atoms with van der Waals surface area (Å²) in [6, 6.07) is 11.5. The van der Waals surface area contributed by atoms with E-state index in [2.05, 4.69) is 20.4 Å². The molecule has 2 heterocycles. The number of aromatic nitrogens is 3. The van der Waals surface area contributed by atoms with Crippen LogP contribution in [0.25, 0.3) is 11.5 Å². The van der Waals surface area contributed by atoms with E-state index >= 15 is 0 Å². The van der Waals surface area contributed by atoms with Crippen LogP contribution < -0.4 is 5.32 Å². The van der Waals surface area contributed by atoms with E-state index in [4.69, 9.17) is 4.52 Å². The largest absolute Gasteiger partial charge is 0.390 e. The molecule has 3 aromatic rings. The van der Waals surface area contributed by atoms with Gasteiger partial charge in [-0.05, 0) is 30.2 Å². The van der Waals surface area contributed by atoms with Gasteiger partial charge >= 0.3 is 0 Å². The summed E-state index contributed by atoms with van der Waals surface area (Å²) in [4.78, 5) is 8.64. The predicted octanol–water partition coefficient (Wildman–Crippen LogP) is 2.51. The molecule has 4 rings (SSSR count). The second-order valence-corrected chi connectivity index (χ2v) is 5.64. The second kappa shape index (κ2) is 5.48. The molecule has 1 aliphatic rings. The third-order valence-corrected chi connectivity index (χ3v) is 4.06. The van der Waals surface area contributed by atoms with Crippen LogP contribution in [0.5, 0.6) is 0 Å². The number of hydrogen-bond donors (Lipinski definition) is 2. The molecule has 116 valence electrons. The van der Waals surface area contributed by atoms with Crippen molar-refractivity contribution in [3.8, 4) is 11.5 Å². The Balaban J connectivity index is 1.70. The molecule has 0 amide bonds. The van der Waals surface area contributed by atoms with E-state index in [-0.39, 0.29) is 6.04 Å². The maximum atomic E-state index is 10.4. The van der Waals surface area contributed by atoms with Crippen LogP contribution in [0.3, 0.4) is 0 Å². The number of anilines is 1. The molecule has 1 aromatic carbocycles. The Morgan fingerprint density at radius 2 is 2.09 bits per heavy atom. The molecule has 2 N–H and O–H groups in total. The standard InChI is InChI=1S/C17H16N4O2/c1-10-19-17(23-21-10)13-7-4-8-18-16(13)20-15-12-6-3-2-5-11(12)9-14(15)22/h2-8,14-15,22H,9H2,1H3,(H,18,20)/t14-,15+/m1/s1. The van der Waals surface area contributed by atoms with E-state index in [1.54, 1.807) is 13.1 Å². The van der Waals surface area contributed by atoms with Crippen molar-refractivity contribution >= 4 is 5.82 Å². The molecule has 1 aliphatic carbocycles. The van der Waals surface area contributed by atoms with Crippen LogP contribution in [0.1, 0.15) is 23.0 Å². The maximum Gasteiger partial charge on any atom is 0.261 e. The highest BCUT2D eigenvalue weighted by molar-refractivity contribution is 5.69. The van der Waals surface area contributed by atoms with Crippen molar-refractivity contribution in [2.75, 3.05) is 5.32 Å². The maximum absolute atomic E-state index is 10.4. The van der Waals surface area contributed by atoms with Gasteiger partial charge in [-0.15, -0.1) is 0 Å². The Bertz CT molecular complexity index is 846. The first-order chi connectivity index (χ1) is 11.2. The fourth-order valence-corrected chi connectivity index (χ4v) is 2.99. The lowest BCUT2D eigenvalue weighted by Gasteiger charge is -2.19. The van der Waals surface area contributed by atoms with Crippen LogP contribution >= 0.6 is 0 Å². The summed E-state index contributed by atoms with van der Waals surface area (Å²) in [7, 11) is 0. The molecule has 0 unspecified atom stereocenters. The van der Waals surface area contributed by atoms with Crippen molar-refractivity contribution in [2.24, 2.45) is 0 Å². The minimum atomic E-state index is -0.494. The molecule has 2 atom stereocenters. The Morgan fingerprint density at radius 1 is 1.22 bits per heavy atom. The Morgan fingerprint density at radius 3 is 2.91 bits per heavy atom. The van der Waals surface area contributed by atoms with Gasteiger partial charge in [0.15, 0.2) is 5.82 Å². The average Bonchev–Trinajstić information content (AvgIpc) is 3.12. The highest BCUT2D eigenvalue weighted by Gasteiger charge is 2.31. The van der Waals surface area contributed by atoms with Crippen molar-refractivity contribution in [3.63, 3.8) is 0 Å². The number of aliphatic hydroxyl groups is 1. The van der Waals surface area contributed by atoms with Gasteiger partial charge in [0.05, 0.1) is 17.7 Å². The summed E-state index contributed by atoms with van der Waals surface area (Å²) in [6.45, 7) is 1.77. The van der Waals surface area contributed by atoms with Gasteiger partial charge in [0, 0.05) is 12.6 Å². The average molecular weight is 308 g/mol. The summed E-state index contributed by atoms with van der Waals surface area (Å²) in [5.74, 6) is 1.61. The number of nitrogens with one attached hydrogen (secondary N) is 1. The van der Waals surface area contributed by atoms with Crippen LogP contribution in [-0.4, -0.2) is 26.3 Å². The van der Waals surface area contributed by atoms with Crippen molar-refractivity contribution in [1.29, 1.82) is 0 Å². The van der Waals surface area contributed by atoms with Crippen molar-refractivity contribution in [2.45, 2.75) is 25.5 Å². The van der Waals surface area contributed by atoms with E-state index in [1.165, 1.54) is 0 Å². The molecule has 0 aliphatic heterocycles. The lowest BCUT2D eigenvalue weighted by molar-refractivity contribution is 0.165. The van der Waals surface area contributed by atoms with Crippen LogP contribution in [0, 0.1) is 6.92 Å². The number of aryl methyl sites for hydroxylation is 1. The van der Waals surface area contributed by atoms with Gasteiger partial charge in [-0.1, -0.05) is 29.4 Å². The first-order valence-corrected chi connectivity index (χ1v) is 7.50. The highest BCUT2D eigenvalue weighted by Crippen LogP contribution is 2.35. The first-order valence-electron chi connectivity index (χ1n) is 7.50. The lowest BCUT2D eigenvalue weighted by Crippen LogP contribution is -2.22. The van der Waals surface area contributed by atoms with E-state index < -0.39 is 6.10 Å². The number of fused-ring (bicyclic) bond motifs is 1. The monoisotopic (exact) mass is 308 g/mol. The zero-order valence-electron chi connectivity index (χ0n) is 12.6. The van der Waals surface area contributed by atoms with Gasteiger partial charge in [-0.2, -0.15) is 4.98 Å². The quantitative estimate of drug-likeness (QED) is 0.773. The van der Waals surface area contributed by atoms with Crippen LogP contribution in [0.2, 0.25) is 0 Å². The Hall–Kier alpha value is -2.73. The summed E-state index contributed by atoms with van der Waals surface area (Å²) in [5, 5.41) is 17.6. The summed E-state index contributed by atoms with van der Waals surface area (Å²) >= 11 is 0. The number of rotatable bonds is 3. The molecule has 0 fully saturated rings. The van der Waals surface area contributed by atoms with Gasteiger partial charge in [0.25, 0.3) is 5.89 Å². The normalized spacial score (nSPS) is 19.6. The molecule has 0 saturated heterocycles. The van der Waals surface area contributed by atoms with E-state index in [1.807, 2.05) is 36.4 Å². The highest BCUT2D eigenvalue weighted by atomic mass is 16.5. The number of aliphatic hydroxyl groups excluding tert-OH is 1. The SMILES string of the molecule is Cc1noc(-c2cccnc2N[C@H]2c3ccccc3C[C@H]2O)n1. The fourth-order valence-electron chi connectivity index (χ4n) is 2.99. The van der Waals surface area contributed by atoms with Crippen molar-refractivity contribution in [1.82, 2.24) is 15.1 Å². The molecule has 6 heteroatoms. The van der Waals surface area contributed by atoms with Gasteiger partial charge in [0.1, 0.15) is 5.82 Å². The summed E-state index contributed by atoms with van der Waals surface area (Å²) in [5.41, 5.74) is 2.98. The Labute approximate surface area is 133 Å². The number of pyridine rings is 1. The van der Waals surface area contributed by atoms with Crippen molar-refractivity contribution in [3.05, 3.63) is 59.5 Å². The van der Waals surface area contributed by atoms with Crippen LogP contribution in [0.15, 0.2) is 47.1 Å². The second-order valence-electron chi connectivity index (χ2n) is 5.64. The fraction of sp³-hybridized carbons (Fsp3) is 0.235. The number of nitrogens with zero attached hydrogens (tertiary/aromatic N) is 3. The topological polar surface area (TPSA) is 84.1 Å². The molecule has 0 bridgehead atoms.